The van der Waals surface area contributed by atoms with Gasteiger partial charge in [-0.3, -0.25) is 4.79 Å². The minimum atomic E-state index is -0.361. The molecule has 0 aliphatic carbocycles. The molecule has 1 fully saturated rings. The molecule has 1 aliphatic heterocycles. The van der Waals surface area contributed by atoms with Gasteiger partial charge in [-0.2, -0.15) is 0 Å². The largest absolute Gasteiger partial charge is 0.354 e. The molecule has 1 aromatic carbocycles. The summed E-state index contributed by atoms with van der Waals surface area (Å²) in [6, 6.07) is 5.38. The van der Waals surface area contributed by atoms with Crippen LogP contribution in [0.3, 0.4) is 0 Å². The summed E-state index contributed by atoms with van der Waals surface area (Å²) in [5.74, 6) is 0.352. The molecular weight excluding hydrogens is 290 g/mol. The van der Waals surface area contributed by atoms with Crippen LogP contribution in [-0.4, -0.2) is 36.0 Å². The zero-order valence-electron chi connectivity index (χ0n) is 14.5. The third kappa shape index (κ3) is 4.71. The molecule has 2 N–H and O–H groups in total. The molecule has 3 amide bonds. The first-order valence-electron chi connectivity index (χ1n) is 8.30. The predicted octanol–water partition coefficient (Wildman–Crippen LogP) is 3.07. The van der Waals surface area contributed by atoms with E-state index in [0.29, 0.717) is 19.0 Å². The average Bonchev–Trinajstić information content (AvgIpc) is 2.93. The van der Waals surface area contributed by atoms with Crippen LogP contribution < -0.4 is 10.6 Å². The Hall–Kier alpha value is -2.04. The van der Waals surface area contributed by atoms with Gasteiger partial charge in [0.2, 0.25) is 5.91 Å². The fourth-order valence-electron chi connectivity index (χ4n) is 2.95. The highest BCUT2D eigenvalue weighted by atomic mass is 16.2. The van der Waals surface area contributed by atoms with Crippen LogP contribution in [0, 0.1) is 19.8 Å². The normalized spacial score (nSPS) is 17.4. The smallest absolute Gasteiger partial charge is 0.322 e. The van der Waals surface area contributed by atoms with Crippen LogP contribution in [0.25, 0.3) is 0 Å². The number of hydrogen-bond donors (Lipinski definition) is 2. The van der Waals surface area contributed by atoms with Crippen LogP contribution in [0.1, 0.15) is 37.8 Å². The Kier molecular flexibility index (Phi) is 5.64. The molecule has 0 radical (unpaired) electrons. The van der Waals surface area contributed by atoms with E-state index in [-0.39, 0.29) is 18.0 Å². The monoisotopic (exact) mass is 317 g/mol. The van der Waals surface area contributed by atoms with Crippen molar-refractivity contribution in [1.82, 2.24) is 10.2 Å². The first-order chi connectivity index (χ1) is 10.9. The van der Waals surface area contributed by atoms with Crippen LogP contribution in [0.5, 0.6) is 0 Å². The fraction of sp³-hybridized carbons (Fsp3) is 0.556. The van der Waals surface area contributed by atoms with Gasteiger partial charge >= 0.3 is 6.03 Å². The molecule has 2 rings (SSSR count). The number of rotatable bonds is 4. The number of likely N-dealkylation sites (tertiary alicyclic amines) is 1. The van der Waals surface area contributed by atoms with E-state index in [1.54, 1.807) is 4.90 Å². The van der Waals surface area contributed by atoms with Gasteiger partial charge in [-0.25, -0.2) is 4.79 Å². The van der Waals surface area contributed by atoms with E-state index in [1.807, 2.05) is 26.0 Å². The molecule has 1 heterocycles. The third-order valence-corrected chi connectivity index (χ3v) is 3.97. The molecule has 23 heavy (non-hydrogen) atoms. The summed E-state index contributed by atoms with van der Waals surface area (Å²) in [4.78, 5) is 26.5. The SMILES string of the molecule is Cc1cc(C)cc(NC(=O)N2CCC[C@H]2C(=O)NCC(C)C)c1. The zero-order valence-corrected chi connectivity index (χ0v) is 14.5. The number of hydrogen-bond acceptors (Lipinski definition) is 2. The van der Waals surface area contributed by atoms with E-state index in [4.69, 9.17) is 0 Å². The molecule has 0 aromatic heterocycles. The Morgan fingerprint density at radius 3 is 2.48 bits per heavy atom. The molecule has 1 saturated heterocycles. The number of nitrogens with zero attached hydrogens (tertiary/aromatic N) is 1. The zero-order chi connectivity index (χ0) is 17.0. The molecule has 1 aromatic rings. The number of amides is 3. The summed E-state index contributed by atoms with van der Waals surface area (Å²) in [5.41, 5.74) is 2.99. The lowest BCUT2D eigenvalue weighted by Gasteiger charge is -2.24. The number of benzene rings is 1. The van der Waals surface area contributed by atoms with Crippen LogP contribution in [-0.2, 0) is 4.79 Å². The minimum Gasteiger partial charge on any atom is -0.354 e. The Bertz CT molecular complexity index is 563. The van der Waals surface area contributed by atoms with Crippen LogP contribution in [0.2, 0.25) is 0 Å². The van der Waals surface area contributed by atoms with Crippen molar-refractivity contribution in [2.45, 2.75) is 46.6 Å². The third-order valence-electron chi connectivity index (χ3n) is 3.97. The van der Waals surface area contributed by atoms with Crippen molar-refractivity contribution in [2.75, 3.05) is 18.4 Å². The molecule has 0 bridgehead atoms. The Morgan fingerprint density at radius 1 is 1.22 bits per heavy atom. The quantitative estimate of drug-likeness (QED) is 0.896. The minimum absolute atomic E-state index is 0.0493. The standard InChI is InChI=1S/C18H27N3O2/c1-12(2)11-19-17(22)16-6-5-7-21(16)18(23)20-15-9-13(3)8-14(4)10-15/h8-10,12,16H,5-7,11H2,1-4H3,(H,19,22)(H,20,23)/t16-/m0/s1. The molecule has 5 heteroatoms. The van der Waals surface area contributed by atoms with Gasteiger partial charge in [-0.15, -0.1) is 0 Å². The average molecular weight is 317 g/mol. The Labute approximate surface area is 138 Å². The topological polar surface area (TPSA) is 61.4 Å². The summed E-state index contributed by atoms with van der Waals surface area (Å²) >= 11 is 0. The fourth-order valence-corrected chi connectivity index (χ4v) is 2.95. The predicted molar refractivity (Wildman–Crippen MR) is 92.5 cm³/mol. The molecule has 0 unspecified atom stereocenters. The molecule has 126 valence electrons. The summed E-state index contributed by atoms with van der Waals surface area (Å²) in [6.07, 6.45) is 1.59. The van der Waals surface area contributed by atoms with E-state index in [2.05, 4.69) is 30.5 Å². The van der Waals surface area contributed by atoms with E-state index in [1.165, 1.54) is 0 Å². The van der Waals surface area contributed by atoms with Crippen molar-refractivity contribution in [3.8, 4) is 0 Å². The first-order valence-corrected chi connectivity index (χ1v) is 8.30. The first kappa shape index (κ1) is 17.3. The van der Waals surface area contributed by atoms with Crippen molar-refractivity contribution >= 4 is 17.6 Å². The molecule has 1 aliphatic rings. The van der Waals surface area contributed by atoms with Crippen molar-refractivity contribution in [3.63, 3.8) is 0 Å². The van der Waals surface area contributed by atoms with Crippen molar-refractivity contribution in [1.29, 1.82) is 0 Å². The molecule has 5 nitrogen and oxygen atoms in total. The van der Waals surface area contributed by atoms with Crippen LogP contribution in [0.4, 0.5) is 10.5 Å². The van der Waals surface area contributed by atoms with Gasteiger partial charge in [0, 0.05) is 18.8 Å². The number of nitrogens with one attached hydrogen (secondary N) is 2. The molecule has 0 saturated carbocycles. The van der Waals surface area contributed by atoms with Crippen molar-refractivity contribution < 1.29 is 9.59 Å². The maximum absolute atomic E-state index is 12.5. The second-order valence-corrected chi connectivity index (χ2v) is 6.80. The number of carbonyl (C=O) groups excluding carboxylic acids is 2. The summed E-state index contributed by atoms with van der Waals surface area (Å²) < 4.78 is 0. The lowest BCUT2D eigenvalue weighted by Crippen LogP contribution is -2.48. The summed E-state index contributed by atoms with van der Waals surface area (Å²) in [5, 5.41) is 5.85. The highest BCUT2D eigenvalue weighted by Gasteiger charge is 2.34. The van der Waals surface area contributed by atoms with E-state index < -0.39 is 0 Å². The maximum Gasteiger partial charge on any atom is 0.322 e. The van der Waals surface area contributed by atoms with Crippen molar-refractivity contribution in [3.05, 3.63) is 29.3 Å². The number of urea groups is 1. The van der Waals surface area contributed by atoms with E-state index in [0.717, 1.165) is 29.7 Å². The van der Waals surface area contributed by atoms with Gasteiger partial charge in [-0.1, -0.05) is 19.9 Å². The van der Waals surface area contributed by atoms with Crippen LogP contribution in [0.15, 0.2) is 18.2 Å². The lowest BCUT2D eigenvalue weighted by molar-refractivity contribution is -0.124. The number of anilines is 1. The van der Waals surface area contributed by atoms with E-state index in [9.17, 15) is 9.59 Å². The van der Waals surface area contributed by atoms with E-state index >= 15 is 0 Å². The Morgan fingerprint density at radius 2 is 1.87 bits per heavy atom. The molecular formula is C18H27N3O2. The highest BCUT2D eigenvalue weighted by Crippen LogP contribution is 2.20. The Balaban J connectivity index is 2.01. The number of aryl methyl sites for hydroxylation is 2. The van der Waals surface area contributed by atoms with Crippen LogP contribution >= 0.6 is 0 Å². The summed E-state index contributed by atoms with van der Waals surface area (Å²) in [6.45, 7) is 9.37. The van der Waals surface area contributed by atoms with Gasteiger partial charge in [-0.05, 0) is 55.9 Å². The van der Waals surface area contributed by atoms with Crippen molar-refractivity contribution in [2.24, 2.45) is 5.92 Å². The number of carbonyl (C=O) groups is 2. The second kappa shape index (κ2) is 7.49. The highest BCUT2D eigenvalue weighted by molar-refractivity contribution is 5.94. The second-order valence-electron chi connectivity index (χ2n) is 6.80. The maximum atomic E-state index is 12.5. The molecule has 0 spiro atoms. The van der Waals surface area contributed by atoms with Gasteiger partial charge in [0.1, 0.15) is 6.04 Å². The van der Waals surface area contributed by atoms with Gasteiger partial charge in [0.15, 0.2) is 0 Å². The summed E-state index contributed by atoms with van der Waals surface area (Å²) in [7, 11) is 0. The van der Waals surface area contributed by atoms with Gasteiger partial charge < -0.3 is 15.5 Å². The lowest BCUT2D eigenvalue weighted by atomic mass is 10.1. The molecule has 1 atom stereocenters. The van der Waals surface area contributed by atoms with Gasteiger partial charge in [0.05, 0.1) is 0 Å². The van der Waals surface area contributed by atoms with Gasteiger partial charge in [0.25, 0.3) is 0 Å².